The number of hydrogen-bond acceptors (Lipinski definition) is 3. The largest absolute Gasteiger partial charge is 0.356 e. The van der Waals surface area contributed by atoms with Crippen molar-refractivity contribution in [2.75, 3.05) is 20.1 Å². The van der Waals surface area contributed by atoms with Gasteiger partial charge in [-0.3, -0.25) is 9.39 Å². The van der Waals surface area contributed by atoms with Crippen molar-refractivity contribution in [2.45, 2.75) is 46.0 Å². The molecule has 3 rings (SSSR count). The van der Waals surface area contributed by atoms with E-state index in [-0.39, 0.29) is 24.0 Å². The zero-order valence-corrected chi connectivity index (χ0v) is 18.4. The van der Waals surface area contributed by atoms with Crippen LogP contribution in [0.2, 0.25) is 0 Å². The molecule has 0 saturated heterocycles. The number of pyridine rings is 1. The standard InChI is InChI=1S/C19H30N6.HI/c1-15(2)13-19(9-6-10-19)14-22-18(20-3)21-11-8-17-24-23-16-7-4-5-12-25(16)17;/h4-5,7,12,15H,6,8-11,13-14H2,1-3H3,(H2,20,21,22);1H. The molecule has 7 heteroatoms. The Bertz CT molecular complexity index is 720. The van der Waals surface area contributed by atoms with E-state index in [0.717, 1.165) is 42.9 Å². The van der Waals surface area contributed by atoms with Crippen LogP contribution in [-0.2, 0) is 6.42 Å². The topological polar surface area (TPSA) is 66.6 Å². The average molecular weight is 470 g/mol. The predicted molar refractivity (Wildman–Crippen MR) is 117 cm³/mol. The van der Waals surface area contributed by atoms with Crippen molar-refractivity contribution < 1.29 is 0 Å². The molecule has 2 aromatic heterocycles. The van der Waals surface area contributed by atoms with Gasteiger partial charge in [-0.2, -0.15) is 0 Å². The molecule has 0 amide bonds. The summed E-state index contributed by atoms with van der Waals surface area (Å²) in [7, 11) is 1.83. The highest BCUT2D eigenvalue weighted by Crippen LogP contribution is 2.45. The van der Waals surface area contributed by atoms with E-state index in [0.29, 0.717) is 5.41 Å². The van der Waals surface area contributed by atoms with E-state index in [1.807, 2.05) is 35.8 Å². The van der Waals surface area contributed by atoms with E-state index in [2.05, 4.69) is 39.7 Å². The molecule has 2 aromatic rings. The molecule has 2 heterocycles. The summed E-state index contributed by atoms with van der Waals surface area (Å²) in [6, 6.07) is 5.95. The fourth-order valence-corrected chi connectivity index (χ4v) is 3.84. The molecule has 0 atom stereocenters. The molecule has 2 N–H and O–H groups in total. The van der Waals surface area contributed by atoms with Crippen molar-refractivity contribution in [3.05, 3.63) is 30.2 Å². The van der Waals surface area contributed by atoms with E-state index >= 15 is 0 Å². The summed E-state index contributed by atoms with van der Waals surface area (Å²) in [4.78, 5) is 4.36. The quantitative estimate of drug-likeness (QED) is 0.371. The van der Waals surface area contributed by atoms with E-state index in [1.54, 1.807) is 0 Å². The molecule has 0 unspecified atom stereocenters. The van der Waals surface area contributed by atoms with Crippen LogP contribution < -0.4 is 10.6 Å². The lowest BCUT2D eigenvalue weighted by Gasteiger charge is -2.43. The van der Waals surface area contributed by atoms with Crippen molar-refractivity contribution in [2.24, 2.45) is 16.3 Å². The minimum absolute atomic E-state index is 0. The molecule has 6 nitrogen and oxygen atoms in total. The summed E-state index contributed by atoms with van der Waals surface area (Å²) in [6.45, 7) is 6.43. The Labute approximate surface area is 173 Å². The van der Waals surface area contributed by atoms with Gasteiger partial charge in [-0.15, -0.1) is 34.2 Å². The second-order valence-electron chi connectivity index (χ2n) is 7.60. The maximum atomic E-state index is 4.36. The lowest BCUT2D eigenvalue weighted by Crippen LogP contribution is -2.47. The zero-order valence-electron chi connectivity index (χ0n) is 16.0. The fraction of sp³-hybridized carbons (Fsp3) is 0.632. The number of guanidine groups is 1. The van der Waals surface area contributed by atoms with Crippen LogP contribution in [0, 0.1) is 11.3 Å². The molecule has 0 aromatic carbocycles. The number of nitrogens with one attached hydrogen (secondary N) is 2. The molecule has 0 aliphatic heterocycles. The predicted octanol–water partition coefficient (Wildman–Crippen LogP) is 3.27. The lowest BCUT2D eigenvalue weighted by molar-refractivity contribution is 0.104. The Morgan fingerprint density at radius 2 is 2.08 bits per heavy atom. The molecular weight excluding hydrogens is 439 g/mol. The SMILES string of the molecule is CN=C(NCCc1nnc2ccccn12)NCC1(CC(C)C)CCC1.I. The van der Waals surface area contributed by atoms with Gasteiger partial charge in [0.15, 0.2) is 11.6 Å². The highest BCUT2D eigenvalue weighted by molar-refractivity contribution is 14.0. The first-order valence-corrected chi connectivity index (χ1v) is 9.35. The van der Waals surface area contributed by atoms with Gasteiger partial charge in [-0.25, -0.2) is 0 Å². The van der Waals surface area contributed by atoms with Crippen LogP contribution in [0.3, 0.4) is 0 Å². The van der Waals surface area contributed by atoms with Gasteiger partial charge in [-0.05, 0) is 42.7 Å². The third-order valence-corrected chi connectivity index (χ3v) is 5.14. The van der Waals surface area contributed by atoms with Crippen LogP contribution in [-0.4, -0.2) is 40.7 Å². The van der Waals surface area contributed by atoms with E-state index in [9.17, 15) is 0 Å². The van der Waals surface area contributed by atoms with E-state index in [4.69, 9.17) is 0 Å². The van der Waals surface area contributed by atoms with E-state index < -0.39 is 0 Å². The van der Waals surface area contributed by atoms with Crippen molar-refractivity contribution in [1.82, 2.24) is 25.2 Å². The number of fused-ring (bicyclic) bond motifs is 1. The van der Waals surface area contributed by atoms with Gasteiger partial charge in [0, 0.05) is 32.8 Å². The number of nitrogens with zero attached hydrogens (tertiary/aromatic N) is 4. The summed E-state index contributed by atoms with van der Waals surface area (Å²) in [6.07, 6.45) is 8.14. The van der Waals surface area contributed by atoms with Crippen LogP contribution in [0.4, 0.5) is 0 Å². The van der Waals surface area contributed by atoms with Crippen LogP contribution >= 0.6 is 24.0 Å². The van der Waals surface area contributed by atoms with Gasteiger partial charge in [0.25, 0.3) is 0 Å². The number of aromatic nitrogens is 3. The Morgan fingerprint density at radius 3 is 2.73 bits per heavy atom. The van der Waals surface area contributed by atoms with Gasteiger partial charge in [0.1, 0.15) is 5.82 Å². The van der Waals surface area contributed by atoms with Gasteiger partial charge in [0.05, 0.1) is 0 Å². The van der Waals surface area contributed by atoms with Crippen molar-refractivity contribution in [3.8, 4) is 0 Å². The minimum Gasteiger partial charge on any atom is -0.356 e. The smallest absolute Gasteiger partial charge is 0.191 e. The highest BCUT2D eigenvalue weighted by Gasteiger charge is 2.37. The second-order valence-corrected chi connectivity index (χ2v) is 7.60. The third kappa shape index (κ3) is 5.08. The maximum absolute atomic E-state index is 4.36. The Morgan fingerprint density at radius 1 is 1.27 bits per heavy atom. The van der Waals surface area contributed by atoms with Crippen LogP contribution in [0.15, 0.2) is 29.4 Å². The Balaban J connectivity index is 0.00000243. The highest BCUT2D eigenvalue weighted by atomic mass is 127. The normalized spacial score (nSPS) is 16.2. The van der Waals surface area contributed by atoms with Crippen molar-refractivity contribution in [1.29, 1.82) is 0 Å². The molecule has 0 spiro atoms. The summed E-state index contributed by atoms with van der Waals surface area (Å²) in [5, 5.41) is 15.4. The van der Waals surface area contributed by atoms with Gasteiger partial charge in [-0.1, -0.05) is 26.3 Å². The fourth-order valence-electron chi connectivity index (χ4n) is 3.84. The number of halogens is 1. The number of hydrogen-bond donors (Lipinski definition) is 2. The van der Waals surface area contributed by atoms with Crippen molar-refractivity contribution >= 4 is 35.6 Å². The van der Waals surface area contributed by atoms with Crippen LogP contribution in [0.25, 0.3) is 5.65 Å². The molecule has 26 heavy (non-hydrogen) atoms. The van der Waals surface area contributed by atoms with Gasteiger partial charge >= 0.3 is 0 Å². The van der Waals surface area contributed by atoms with Gasteiger partial charge in [0.2, 0.25) is 0 Å². The van der Waals surface area contributed by atoms with Gasteiger partial charge < -0.3 is 10.6 Å². The molecule has 1 fully saturated rings. The summed E-state index contributed by atoms with van der Waals surface area (Å²) in [5.41, 5.74) is 1.36. The molecule has 1 aliphatic rings. The Kier molecular flexibility index (Phi) is 7.67. The summed E-state index contributed by atoms with van der Waals surface area (Å²) < 4.78 is 2.03. The monoisotopic (exact) mass is 470 g/mol. The summed E-state index contributed by atoms with van der Waals surface area (Å²) in [5.74, 6) is 2.59. The molecule has 0 bridgehead atoms. The number of rotatable bonds is 7. The molecule has 0 radical (unpaired) electrons. The lowest BCUT2D eigenvalue weighted by atomic mass is 9.64. The average Bonchev–Trinajstić information content (AvgIpc) is 2.98. The minimum atomic E-state index is 0. The van der Waals surface area contributed by atoms with Crippen molar-refractivity contribution in [3.63, 3.8) is 0 Å². The third-order valence-electron chi connectivity index (χ3n) is 5.14. The maximum Gasteiger partial charge on any atom is 0.191 e. The first-order valence-electron chi connectivity index (χ1n) is 9.35. The molecule has 144 valence electrons. The Hall–Kier alpha value is -1.38. The van der Waals surface area contributed by atoms with Crippen LogP contribution in [0.5, 0.6) is 0 Å². The first-order chi connectivity index (χ1) is 12.1. The van der Waals surface area contributed by atoms with E-state index in [1.165, 1.54) is 25.7 Å². The molecule has 1 aliphatic carbocycles. The number of aliphatic imine (C=N–C) groups is 1. The molecule has 1 saturated carbocycles. The first kappa shape index (κ1) is 20.9. The second kappa shape index (κ2) is 9.53. The van der Waals surface area contributed by atoms with Crippen LogP contribution in [0.1, 0.15) is 45.4 Å². The summed E-state index contributed by atoms with van der Waals surface area (Å²) >= 11 is 0. The zero-order chi connectivity index (χ0) is 17.7. The molecular formula is C19H31IN6.